The molecule has 34 heavy (non-hydrogen) atoms. The third-order valence-electron chi connectivity index (χ3n) is 5.57. The zero-order valence-corrected chi connectivity index (χ0v) is 19.5. The van der Waals surface area contributed by atoms with Gasteiger partial charge in [-0.2, -0.15) is 0 Å². The Bertz CT molecular complexity index is 1280. The molecule has 0 aromatic heterocycles. The largest absolute Gasteiger partial charge is 0.493 e. The number of hydrogen-bond acceptors (Lipinski definition) is 5. The first-order valence-corrected chi connectivity index (χ1v) is 10.7. The highest BCUT2D eigenvalue weighted by Gasteiger charge is 2.32. The predicted octanol–water partition coefficient (Wildman–Crippen LogP) is 4.52. The molecule has 0 unspecified atom stereocenters. The minimum Gasteiger partial charge on any atom is -0.493 e. The minimum absolute atomic E-state index is 0.0725. The third-order valence-corrected chi connectivity index (χ3v) is 5.57. The van der Waals surface area contributed by atoms with Gasteiger partial charge in [-0.1, -0.05) is 36.4 Å². The van der Waals surface area contributed by atoms with Crippen LogP contribution < -0.4 is 19.3 Å². The number of nitrogens with zero attached hydrogens (tertiary/aromatic N) is 3. The van der Waals surface area contributed by atoms with E-state index in [0.717, 1.165) is 16.8 Å². The molecule has 0 saturated heterocycles. The molecular weight excluding hydrogens is 430 g/mol. The van der Waals surface area contributed by atoms with E-state index in [4.69, 9.17) is 14.5 Å². The summed E-state index contributed by atoms with van der Waals surface area (Å²) in [5, 5.41) is 0. The van der Waals surface area contributed by atoms with Crippen molar-refractivity contribution in [3.63, 3.8) is 0 Å². The quantitative estimate of drug-likeness (QED) is 0.513. The molecule has 0 N–H and O–H groups in total. The van der Waals surface area contributed by atoms with Crippen LogP contribution in [0.15, 0.2) is 83.5 Å². The summed E-state index contributed by atoms with van der Waals surface area (Å²) >= 11 is 0. The molecule has 0 spiro atoms. The zero-order valence-electron chi connectivity index (χ0n) is 19.5. The van der Waals surface area contributed by atoms with Crippen LogP contribution >= 0.6 is 0 Å². The summed E-state index contributed by atoms with van der Waals surface area (Å²) in [7, 11) is 4.85. The summed E-state index contributed by atoms with van der Waals surface area (Å²) < 4.78 is 10.7. The number of hydrogen-bond donors (Lipinski definition) is 0. The number of methoxy groups -OCH3 is 2. The van der Waals surface area contributed by atoms with Crippen LogP contribution in [0.1, 0.15) is 18.1 Å². The van der Waals surface area contributed by atoms with Gasteiger partial charge in [0.05, 0.1) is 19.9 Å². The lowest BCUT2D eigenvalue weighted by molar-refractivity contribution is -0.116. The summed E-state index contributed by atoms with van der Waals surface area (Å²) in [5.41, 5.74) is 3.27. The summed E-state index contributed by atoms with van der Waals surface area (Å²) in [6.45, 7) is 1.50. The fraction of sp³-hybridized carbons (Fsp3) is 0.148. The van der Waals surface area contributed by atoms with Gasteiger partial charge in [0.15, 0.2) is 11.5 Å². The van der Waals surface area contributed by atoms with Crippen molar-refractivity contribution in [1.29, 1.82) is 0 Å². The first kappa shape index (κ1) is 22.8. The second-order valence-electron chi connectivity index (χ2n) is 7.68. The van der Waals surface area contributed by atoms with Crippen molar-refractivity contribution in [1.82, 2.24) is 0 Å². The lowest BCUT2D eigenvalue weighted by Gasteiger charge is -2.20. The highest BCUT2D eigenvalue weighted by molar-refractivity contribution is 6.33. The van der Waals surface area contributed by atoms with Gasteiger partial charge in [-0.25, -0.2) is 4.99 Å². The van der Waals surface area contributed by atoms with Crippen molar-refractivity contribution in [3.05, 3.63) is 89.6 Å². The average Bonchev–Trinajstić information content (AvgIpc) is 3.19. The van der Waals surface area contributed by atoms with Gasteiger partial charge in [0.1, 0.15) is 11.5 Å². The van der Waals surface area contributed by atoms with Gasteiger partial charge in [-0.3, -0.25) is 14.5 Å². The Balaban J connectivity index is 1.76. The van der Waals surface area contributed by atoms with Gasteiger partial charge in [-0.15, -0.1) is 0 Å². The molecule has 2 amide bonds. The number of amides is 2. The van der Waals surface area contributed by atoms with Crippen molar-refractivity contribution in [2.24, 2.45) is 4.99 Å². The maximum absolute atomic E-state index is 13.5. The second-order valence-corrected chi connectivity index (χ2v) is 7.68. The number of ether oxygens (including phenoxy) is 2. The van der Waals surface area contributed by atoms with E-state index in [1.807, 2.05) is 60.7 Å². The van der Waals surface area contributed by atoms with Gasteiger partial charge in [-0.05, 0) is 48.0 Å². The highest BCUT2D eigenvalue weighted by Crippen LogP contribution is 2.32. The van der Waals surface area contributed by atoms with Crippen LogP contribution in [0.4, 0.5) is 11.4 Å². The molecule has 4 rings (SSSR count). The molecule has 172 valence electrons. The third kappa shape index (κ3) is 4.41. The van der Waals surface area contributed by atoms with Crippen LogP contribution in [0.2, 0.25) is 0 Å². The zero-order chi connectivity index (χ0) is 24.2. The van der Waals surface area contributed by atoms with Crippen molar-refractivity contribution in [3.8, 4) is 11.5 Å². The predicted molar refractivity (Wildman–Crippen MR) is 134 cm³/mol. The Kier molecular flexibility index (Phi) is 6.45. The molecule has 0 bridgehead atoms. The van der Waals surface area contributed by atoms with Gasteiger partial charge in [0, 0.05) is 25.2 Å². The summed E-state index contributed by atoms with van der Waals surface area (Å²) in [4.78, 5) is 33.0. The monoisotopic (exact) mass is 455 g/mol. The van der Waals surface area contributed by atoms with E-state index < -0.39 is 0 Å². The Morgan fingerprint density at radius 3 is 2.24 bits per heavy atom. The smallest absolute Gasteiger partial charge is 0.282 e. The molecule has 0 radical (unpaired) electrons. The second kappa shape index (κ2) is 9.62. The standard InChI is InChI=1S/C27H25N3O4/c1-18(31)29(2)21-11-13-22(14-12-21)30-26(20-8-6-5-7-9-20)28-23(27(30)32)16-19-10-15-24(33-3)25(17-19)34-4/h5-17H,1-4H3/b23-16+. The molecule has 3 aromatic rings. The van der Waals surface area contributed by atoms with Gasteiger partial charge < -0.3 is 14.4 Å². The van der Waals surface area contributed by atoms with E-state index in [1.165, 1.54) is 6.92 Å². The lowest BCUT2D eigenvalue weighted by Crippen LogP contribution is -2.32. The van der Waals surface area contributed by atoms with Crippen molar-refractivity contribution < 1.29 is 19.1 Å². The number of carbonyl (C=O) groups excluding carboxylic acids is 2. The Labute approximate surface area is 198 Å². The molecule has 0 saturated carbocycles. The maximum atomic E-state index is 13.5. The van der Waals surface area contributed by atoms with Crippen LogP contribution in [0, 0.1) is 0 Å². The summed E-state index contributed by atoms with van der Waals surface area (Å²) in [6, 6.07) is 22.2. The maximum Gasteiger partial charge on any atom is 0.282 e. The Morgan fingerprint density at radius 1 is 0.941 bits per heavy atom. The first-order valence-electron chi connectivity index (χ1n) is 10.7. The van der Waals surface area contributed by atoms with E-state index in [1.54, 1.807) is 49.3 Å². The number of anilines is 2. The topological polar surface area (TPSA) is 71.4 Å². The fourth-order valence-corrected chi connectivity index (χ4v) is 3.64. The molecule has 7 heteroatoms. The van der Waals surface area contributed by atoms with Crippen LogP contribution in [0.5, 0.6) is 11.5 Å². The molecule has 0 atom stereocenters. The summed E-state index contributed by atoms with van der Waals surface area (Å²) in [6.07, 6.45) is 1.73. The van der Waals surface area contributed by atoms with E-state index in [2.05, 4.69) is 0 Å². The van der Waals surface area contributed by atoms with E-state index in [-0.39, 0.29) is 11.8 Å². The Hall–Kier alpha value is -4.39. The highest BCUT2D eigenvalue weighted by atomic mass is 16.5. The molecule has 1 aliphatic heterocycles. The lowest BCUT2D eigenvalue weighted by atomic mass is 10.1. The number of rotatable bonds is 6. The molecular formula is C27H25N3O4. The molecule has 0 fully saturated rings. The van der Waals surface area contributed by atoms with Crippen molar-refractivity contribution in [2.75, 3.05) is 31.1 Å². The summed E-state index contributed by atoms with van der Waals surface area (Å²) in [5.74, 6) is 1.38. The van der Waals surface area contributed by atoms with Gasteiger partial charge in [0.25, 0.3) is 5.91 Å². The fourth-order valence-electron chi connectivity index (χ4n) is 3.64. The number of aliphatic imine (C=N–C) groups is 1. The number of benzene rings is 3. The van der Waals surface area contributed by atoms with Crippen LogP contribution in [-0.2, 0) is 9.59 Å². The molecule has 7 nitrogen and oxygen atoms in total. The van der Waals surface area contributed by atoms with Crippen molar-refractivity contribution >= 4 is 35.1 Å². The minimum atomic E-state index is -0.249. The first-order chi connectivity index (χ1) is 16.4. The number of amidine groups is 1. The van der Waals surface area contributed by atoms with Gasteiger partial charge >= 0.3 is 0 Å². The normalized spacial score (nSPS) is 14.2. The number of carbonyl (C=O) groups is 2. The molecule has 1 aliphatic rings. The molecule has 0 aliphatic carbocycles. The van der Waals surface area contributed by atoms with Crippen molar-refractivity contribution in [2.45, 2.75) is 6.92 Å². The van der Waals surface area contributed by atoms with Crippen LogP contribution in [-0.4, -0.2) is 38.9 Å². The van der Waals surface area contributed by atoms with Gasteiger partial charge in [0.2, 0.25) is 5.91 Å². The van der Waals surface area contributed by atoms with Crippen LogP contribution in [0.3, 0.4) is 0 Å². The van der Waals surface area contributed by atoms with E-state index in [9.17, 15) is 9.59 Å². The SMILES string of the molecule is COc1ccc(/C=C2/N=C(c3ccccc3)N(c3ccc(N(C)C(C)=O)cc3)C2=O)cc1OC. The molecule has 1 heterocycles. The average molecular weight is 456 g/mol. The van der Waals surface area contributed by atoms with E-state index >= 15 is 0 Å². The Morgan fingerprint density at radius 2 is 1.62 bits per heavy atom. The van der Waals surface area contributed by atoms with E-state index in [0.29, 0.717) is 28.7 Å². The van der Waals surface area contributed by atoms with Crippen LogP contribution in [0.25, 0.3) is 6.08 Å². The molecule has 3 aromatic carbocycles.